The lowest BCUT2D eigenvalue weighted by molar-refractivity contribution is 0.0469. The van der Waals surface area contributed by atoms with Gasteiger partial charge in [0.25, 0.3) is 0 Å². The van der Waals surface area contributed by atoms with Crippen molar-refractivity contribution in [1.82, 2.24) is 0 Å². The van der Waals surface area contributed by atoms with E-state index in [4.69, 9.17) is 4.74 Å². The van der Waals surface area contributed by atoms with Gasteiger partial charge in [-0.25, -0.2) is 4.79 Å². The molecule has 0 heterocycles. The first-order chi connectivity index (χ1) is 10.6. The second-order valence-electron chi connectivity index (χ2n) is 5.25. The van der Waals surface area contributed by atoms with Crippen molar-refractivity contribution in [2.75, 3.05) is 0 Å². The summed E-state index contributed by atoms with van der Waals surface area (Å²) in [6, 6.07) is 18.6. The number of rotatable bonds is 3. The smallest absolute Gasteiger partial charge is 0.342 e. The minimum Gasteiger partial charge on any atom is -0.506 e. The molecule has 0 aromatic heterocycles. The van der Waals surface area contributed by atoms with Crippen LogP contribution in [0.3, 0.4) is 0 Å². The molecule has 0 atom stereocenters. The molecule has 0 unspecified atom stereocenters. The highest BCUT2D eigenvalue weighted by atomic mass is 16.5. The van der Waals surface area contributed by atoms with Crippen LogP contribution in [0.2, 0.25) is 0 Å². The van der Waals surface area contributed by atoms with Crippen molar-refractivity contribution >= 4 is 16.7 Å². The van der Waals surface area contributed by atoms with Crippen LogP contribution < -0.4 is 0 Å². The number of phenols is 1. The summed E-state index contributed by atoms with van der Waals surface area (Å²) < 4.78 is 5.30. The van der Waals surface area contributed by atoms with E-state index in [-0.39, 0.29) is 17.9 Å². The number of carbonyl (C=O) groups is 1. The van der Waals surface area contributed by atoms with Gasteiger partial charge in [-0.2, -0.15) is 0 Å². The molecule has 0 saturated carbocycles. The van der Waals surface area contributed by atoms with E-state index in [9.17, 15) is 9.90 Å². The number of fused-ring (bicyclic) bond motifs is 1. The number of carbonyl (C=O) groups excluding carboxylic acids is 1. The van der Waals surface area contributed by atoms with Crippen molar-refractivity contribution in [3.63, 3.8) is 0 Å². The number of benzene rings is 3. The number of hydrogen-bond acceptors (Lipinski definition) is 3. The van der Waals surface area contributed by atoms with Gasteiger partial charge in [0.2, 0.25) is 0 Å². The number of ether oxygens (including phenoxy) is 1. The Balaban J connectivity index is 1.82. The Kier molecular flexibility index (Phi) is 3.79. The highest BCUT2D eigenvalue weighted by Crippen LogP contribution is 2.29. The third-order valence-corrected chi connectivity index (χ3v) is 3.57. The van der Waals surface area contributed by atoms with Gasteiger partial charge in [0.1, 0.15) is 17.9 Å². The first-order valence-electron chi connectivity index (χ1n) is 7.08. The van der Waals surface area contributed by atoms with Crippen molar-refractivity contribution < 1.29 is 14.6 Å². The van der Waals surface area contributed by atoms with E-state index in [1.165, 1.54) is 0 Å². The summed E-state index contributed by atoms with van der Waals surface area (Å²) in [6.45, 7) is 2.17. The molecule has 3 nitrogen and oxygen atoms in total. The molecule has 0 fully saturated rings. The number of phenolic OH excluding ortho intramolecular Hbond substituents is 1. The van der Waals surface area contributed by atoms with E-state index >= 15 is 0 Å². The molecule has 0 bridgehead atoms. The maximum Gasteiger partial charge on any atom is 0.342 e. The van der Waals surface area contributed by atoms with Gasteiger partial charge in [0, 0.05) is 5.39 Å². The molecule has 3 heteroatoms. The third kappa shape index (κ3) is 2.79. The van der Waals surface area contributed by atoms with Gasteiger partial charge in [-0.15, -0.1) is 0 Å². The Labute approximate surface area is 128 Å². The lowest BCUT2D eigenvalue weighted by atomic mass is 10.1. The zero-order valence-electron chi connectivity index (χ0n) is 12.2. The summed E-state index contributed by atoms with van der Waals surface area (Å²) in [5.41, 5.74) is 2.22. The molecule has 110 valence electrons. The maximum atomic E-state index is 12.2. The van der Waals surface area contributed by atoms with Crippen LogP contribution >= 0.6 is 0 Å². The lowest BCUT2D eigenvalue weighted by Crippen LogP contribution is -2.05. The first kappa shape index (κ1) is 14.1. The van der Waals surface area contributed by atoms with Gasteiger partial charge >= 0.3 is 5.97 Å². The minimum atomic E-state index is -0.523. The molecule has 0 aliphatic rings. The average Bonchev–Trinajstić information content (AvgIpc) is 2.53. The zero-order valence-corrected chi connectivity index (χ0v) is 12.2. The molecule has 0 spiro atoms. The predicted octanol–water partition coefficient (Wildman–Crippen LogP) is 4.21. The molecule has 0 radical (unpaired) electrons. The van der Waals surface area contributed by atoms with Crippen LogP contribution in [0.5, 0.6) is 5.75 Å². The molecule has 3 aromatic rings. The normalized spacial score (nSPS) is 10.6. The van der Waals surface area contributed by atoms with Crippen LogP contribution in [0.15, 0.2) is 60.7 Å². The summed E-state index contributed by atoms with van der Waals surface area (Å²) in [5.74, 6) is -0.558. The van der Waals surface area contributed by atoms with Crippen molar-refractivity contribution in [3.8, 4) is 5.75 Å². The molecular formula is C19H16O3. The van der Waals surface area contributed by atoms with Gasteiger partial charge in [-0.05, 0) is 23.9 Å². The van der Waals surface area contributed by atoms with Crippen LogP contribution in [0.25, 0.3) is 10.8 Å². The molecular weight excluding hydrogens is 276 g/mol. The van der Waals surface area contributed by atoms with Crippen LogP contribution in [0.1, 0.15) is 21.5 Å². The average molecular weight is 292 g/mol. The fourth-order valence-corrected chi connectivity index (χ4v) is 2.45. The summed E-state index contributed by atoms with van der Waals surface area (Å²) in [7, 11) is 0. The van der Waals surface area contributed by atoms with E-state index in [2.05, 4.69) is 0 Å². The predicted molar refractivity (Wildman–Crippen MR) is 85.9 cm³/mol. The standard InChI is InChI=1S/C19H16O3/c1-13-5-4-6-14(11-13)12-22-19(21)17-10-9-15-7-2-3-8-16(15)18(17)20/h2-11,20H,12H2,1H3. The van der Waals surface area contributed by atoms with Crippen molar-refractivity contribution in [2.24, 2.45) is 0 Å². The minimum absolute atomic E-state index is 0.0349. The Hall–Kier alpha value is -2.81. The van der Waals surface area contributed by atoms with E-state index in [1.54, 1.807) is 18.2 Å². The van der Waals surface area contributed by atoms with E-state index in [0.29, 0.717) is 5.39 Å². The number of hydrogen-bond donors (Lipinski definition) is 1. The molecule has 0 amide bonds. The van der Waals surface area contributed by atoms with Crippen molar-refractivity contribution in [1.29, 1.82) is 0 Å². The van der Waals surface area contributed by atoms with E-state index < -0.39 is 5.97 Å². The van der Waals surface area contributed by atoms with E-state index in [1.807, 2.05) is 49.4 Å². The quantitative estimate of drug-likeness (QED) is 0.735. The molecule has 0 aliphatic carbocycles. The Morgan fingerprint density at radius 2 is 1.86 bits per heavy atom. The van der Waals surface area contributed by atoms with Gasteiger partial charge in [0.05, 0.1) is 0 Å². The highest BCUT2D eigenvalue weighted by Gasteiger charge is 2.15. The fourth-order valence-electron chi connectivity index (χ4n) is 2.45. The second-order valence-corrected chi connectivity index (χ2v) is 5.25. The van der Waals surface area contributed by atoms with Crippen molar-refractivity contribution in [3.05, 3.63) is 77.4 Å². The first-order valence-corrected chi connectivity index (χ1v) is 7.08. The zero-order chi connectivity index (χ0) is 15.5. The van der Waals surface area contributed by atoms with Crippen molar-refractivity contribution in [2.45, 2.75) is 13.5 Å². The van der Waals surface area contributed by atoms with Gasteiger partial charge in [-0.3, -0.25) is 0 Å². The largest absolute Gasteiger partial charge is 0.506 e. The second kappa shape index (κ2) is 5.90. The summed E-state index contributed by atoms with van der Waals surface area (Å²) >= 11 is 0. The molecule has 0 saturated heterocycles. The molecule has 22 heavy (non-hydrogen) atoms. The Morgan fingerprint density at radius 3 is 2.68 bits per heavy atom. The topological polar surface area (TPSA) is 46.5 Å². The number of esters is 1. The summed E-state index contributed by atoms with van der Waals surface area (Å²) in [5, 5.41) is 11.8. The maximum absolute atomic E-state index is 12.2. The van der Waals surface area contributed by atoms with Gasteiger partial charge in [0.15, 0.2) is 0 Å². The van der Waals surface area contributed by atoms with Crippen LogP contribution in [0, 0.1) is 6.92 Å². The fraction of sp³-hybridized carbons (Fsp3) is 0.105. The Bertz CT molecular complexity index is 837. The monoisotopic (exact) mass is 292 g/mol. The number of aromatic hydroxyl groups is 1. The molecule has 1 N–H and O–H groups in total. The SMILES string of the molecule is Cc1cccc(COC(=O)c2ccc3ccccc3c2O)c1. The van der Waals surface area contributed by atoms with Gasteiger partial charge in [-0.1, -0.05) is 60.2 Å². The van der Waals surface area contributed by atoms with Gasteiger partial charge < -0.3 is 9.84 Å². The number of aryl methyl sites for hydroxylation is 1. The van der Waals surface area contributed by atoms with Crippen LogP contribution in [-0.4, -0.2) is 11.1 Å². The van der Waals surface area contributed by atoms with Crippen LogP contribution in [0.4, 0.5) is 0 Å². The third-order valence-electron chi connectivity index (χ3n) is 3.57. The molecule has 0 aliphatic heterocycles. The molecule has 3 aromatic carbocycles. The summed E-state index contributed by atoms with van der Waals surface area (Å²) in [6.07, 6.45) is 0. The Morgan fingerprint density at radius 1 is 1.05 bits per heavy atom. The van der Waals surface area contributed by atoms with Crippen LogP contribution in [-0.2, 0) is 11.3 Å². The lowest BCUT2D eigenvalue weighted by Gasteiger charge is -2.09. The highest BCUT2D eigenvalue weighted by molar-refractivity contribution is 6.01. The summed E-state index contributed by atoms with van der Waals surface area (Å²) in [4.78, 5) is 12.2. The van der Waals surface area contributed by atoms with E-state index in [0.717, 1.165) is 16.5 Å². The molecule has 3 rings (SSSR count).